The highest BCUT2D eigenvalue weighted by atomic mass is 16.6. The van der Waals surface area contributed by atoms with Crippen LogP contribution in [0.3, 0.4) is 0 Å². The third kappa shape index (κ3) is 4.54. The van der Waals surface area contributed by atoms with Crippen molar-refractivity contribution in [1.82, 2.24) is 10.2 Å². The molecule has 1 saturated heterocycles. The smallest absolute Gasteiger partial charge is 0.410 e. The fourth-order valence-electron chi connectivity index (χ4n) is 2.37. The molecule has 0 aliphatic carbocycles. The molecular formula is C13H26N2O2. The van der Waals surface area contributed by atoms with Crippen LogP contribution in [0.1, 0.15) is 40.5 Å². The molecule has 1 aliphatic rings. The van der Waals surface area contributed by atoms with Crippen LogP contribution in [0.2, 0.25) is 0 Å². The molecule has 100 valence electrons. The van der Waals surface area contributed by atoms with Crippen LogP contribution >= 0.6 is 0 Å². The minimum absolute atomic E-state index is 0.171. The minimum Gasteiger partial charge on any atom is -0.444 e. The Hall–Kier alpha value is -0.770. The van der Waals surface area contributed by atoms with Crippen LogP contribution in [0.25, 0.3) is 0 Å². The molecule has 0 aromatic heterocycles. The third-order valence-corrected chi connectivity index (χ3v) is 3.04. The number of carbonyl (C=O) groups excluding carboxylic acids is 1. The van der Waals surface area contributed by atoms with Crippen LogP contribution in [0.4, 0.5) is 4.79 Å². The molecule has 0 aromatic rings. The molecule has 0 radical (unpaired) electrons. The largest absolute Gasteiger partial charge is 0.444 e. The number of hydrogen-bond donors (Lipinski definition) is 1. The summed E-state index contributed by atoms with van der Waals surface area (Å²) in [5.41, 5.74) is -0.238. The molecule has 1 N–H and O–H groups in total. The summed E-state index contributed by atoms with van der Waals surface area (Å²) in [5.74, 6) is 0. The highest BCUT2D eigenvalue weighted by Crippen LogP contribution is 2.29. The van der Waals surface area contributed by atoms with Crippen molar-refractivity contribution in [2.45, 2.75) is 46.1 Å². The van der Waals surface area contributed by atoms with E-state index in [-0.39, 0.29) is 11.5 Å². The molecule has 0 bridgehead atoms. The zero-order valence-corrected chi connectivity index (χ0v) is 11.8. The van der Waals surface area contributed by atoms with Crippen molar-refractivity contribution in [3.63, 3.8) is 0 Å². The average Bonchev–Trinajstić information content (AvgIpc) is 2.14. The molecule has 4 nitrogen and oxygen atoms in total. The zero-order valence-electron chi connectivity index (χ0n) is 11.8. The number of amides is 1. The van der Waals surface area contributed by atoms with E-state index in [0.717, 1.165) is 32.5 Å². The normalized spacial score (nSPS) is 25.8. The summed E-state index contributed by atoms with van der Waals surface area (Å²) in [6.45, 7) is 10.5. The second kappa shape index (κ2) is 5.25. The van der Waals surface area contributed by atoms with Crippen molar-refractivity contribution in [2.24, 2.45) is 5.41 Å². The maximum absolute atomic E-state index is 12.0. The summed E-state index contributed by atoms with van der Waals surface area (Å²) in [7, 11) is 1.96. The Morgan fingerprint density at radius 1 is 1.47 bits per heavy atom. The summed E-state index contributed by atoms with van der Waals surface area (Å²) >= 11 is 0. The van der Waals surface area contributed by atoms with Crippen molar-refractivity contribution in [3.8, 4) is 0 Å². The van der Waals surface area contributed by atoms with Gasteiger partial charge in [0.2, 0.25) is 0 Å². The predicted octanol–water partition coefficient (Wildman–Crippen LogP) is 2.24. The zero-order chi connectivity index (χ0) is 13.1. The molecule has 1 aliphatic heterocycles. The maximum Gasteiger partial charge on any atom is 0.410 e. The lowest BCUT2D eigenvalue weighted by Gasteiger charge is -2.40. The first kappa shape index (κ1) is 14.3. The van der Waals surface area contributed by atoms with Gasteiger partial charge in [-0.05, 0) is 46.1 Å². The quantitative estimate of drug-likeness (QED) is 0.807. The van der Waals surface area contributed by atoms with Gasteiger partial charge >= 0.3 is 6.09 Å². The van der Waals surface area contributed by atoms with Crippen LogP contribution < -0.4 is 5.32 Å². The summed E-state index contributed by atoms with van der Waals surface area (Å²) in [6, 6.07) is 0. The molecule has 1 rings (SSSR count). The van der Waals surface area contributed by atoms with Gasteiger partial charge in [0.1, 0.15) is 5.60 Å². The van der Waals surface area contributed by atoms with Crippen molar-refractivity contribution in [1.29, 1.82) is 0 Å². The highest BCUT2D eigenvalue weighted by molar-refractivity contribution is 5.68. The first-order valence-corrected chi connectivity index (χ1v) is 6.38. The summed E-state index contributed by atoms with van der Waals surface area (Å²) in [6.07, 6.45) is 2.03. The summed E-state index contributed by atoms with van der Waals surface area (Å²) in [5, 5.41) is 3.21. The first-order chi connectivity index (χ1) is 7.76. The lowest BCUT2D eigenvalue weighted by atomic mass is 9.82. The van der Waals surface area contributed by atoms with E-state index in [0.29, 0.717) is 0 Å². The van der Waals surface area contributed by atoms with E-state index in [4.69, 9.17) is 4.74 Å². The molecule has 0 saturated carbocycles. The second-order valence-electron chi connectivity index (χ2n) is 6.35. The lowest BCUT2D eigenvalue weighted by molar-refractivity contribution is 0.00702. The van der Waals surface area contributed by atoms with Crippen LogP contribution in [0.5, 0.6) is 0 Å². The van der Waals surface area contributed by atoms with E-state index in [1.54, 1.807) is 0 Å². The first-order valence-electron chi connectivity index (χ1n) is 6.38. The second-order valence-corrected chi connectivity index (χ2v) is 6.35. The van der Waals surface area contributed by atoms with E-state index in [1.807, 2.05) is 32.7 Å². The van der Waals surface area contributed by atoms with Gasteiger partial charge in [0.05, 0.1) is 0 Å². The average molecular weight is 242 g/mol. The number of likely N-dealkylation sites (tertiary alicyclic amines) is 1. The van der Waals surface area contributed by atoms with E-state index in [9.17, 15) is 4.79 Å². The number of rotatable bonds is 2. The molecular weight excluding hydrogens is 216 g/mol. The molecule has 1 heterocycles. The van der Waals surface area contributed by atoms with Crippen LogP contribution in [0.15, 0.2) is 0 Å². The van der Waals surface area contributed by atoms with Crippen molar-refractivity contribution in [2.75, 3.05) is 26.7 Å². The molecule has 0 aromatic carbocycles. The van der Waals surface area contributed by atoms with Crippen molar-refractivity contribution < 1.29 is 9.53 Å². The Bertz CT molecular complexity index is 269. The Labute approximate surface area is 105 Å². The topological polar surface area (TPSA) is 41.6 Å². The van der Waals surface area contributed by atoms with Gasteiger partial charge in [0, 0.05) is 19.6 Å². The van der Waals surface area contributed by atoms with Gasteiger partial charge in [-0.2, -0.15) is 0 Å². The summed E-state index contributed by atoms with van der Waals surface area (Å²) < 4.78 is 5.42. The third-order valence-electron chi connectivity index (χ3n) is 3.04. The van der Waals surface area contributed by atoms with Gasteiger partial charge in [-0.3, -0.25) is 0 Å². The maximum atomic E-state index is 12.0. The van der Waals surface area contributed by atoms with E-state index < -0.39 is 5.60 Å². The SMILES string of the molecule is CNCC1(C)CCCN(C(=O)OC(C)(C)C)C1. The molecule has 0 spiro atoms. The Kier molecular flexibility index (Phi) is 4.42. The molecule has 4 heteroatoms. The van der Waals surface area contributed by atoms with Gasteiger partial charge in [-0.25, -0.2) is 4.79 Å². The lowest BCUT2D eigenvalue weighted by Crippen LogP contribution is -2.49. The van der Waals surface area contributed by atoms with Gasteiger partial charge in [-0.15, -0.1) is 0 Å². The number of hydrogen-bond acceptors (Lipinski definition) is 3. The predicted molar refractivity (Wildman–Crippen MR) is 69.1 cm³/mol. The minimum atomic E-state index is -0.409. The monoisotopic (exact) mass is 242 g/mol. The van der Waals surface area contributed by atoms with Crippen molar-refractivity contribution in [3.05, 3.63) is 0 Å². The van der Waals surface area contributed by atoms with Crippen LogP contribution in [0, 0.1) is 5.41 Å². The standard InChI is InChI=1S/C13H26N2O2/c1-12(2,3)17-11(16)15-8-6-7-13(4,10-15)9-14-5/h14H,6-10H2,1-5H3. The van der Waals surface area contributed by atoms with Gasteiger partial charge < -0.3 is 15.0 Å². The highest BCUT2D eigenvalue weighted by Gasteiger charge is 2.34. The Morgan fingerprint density at radius 2 is 2.12 bits per heavy atom. The van der Waals surface area contributed by atoms with Gasteiger partial charge in [-0.1, -0.05) is 6.92 Å². The van der Waals surface area contributed by atoms with E-state index >= 15 is 0 Å². The van der Waals surface area contributed by atoms with Crippen molar-refractivity contribution >= 4 is 6.09 Å². The molecule has 17 heavy (non-hydrogen) atoms. The molecule has 1 amide bonds. The number of piperidine rings is 1. The molecule has 1 fully saturated rings. The summed E-state index contributed by atoms with van der Waals surface area (Å²) in [4.78, 5) is 13.8. The Balaban J connectivity index is 2.57. The number of ether oxygens (including phenoxy) is 1. The van der Waals surface area contributed by atoms with Gasteiger partial charge in [0.15, 0.2) is 0 Å². The molecule has 1 atom stereocenters. The number of carbonyl (C=O) groups is 1. The Morgan fingerprint density at radius 3 is 2.65 bits per heavy atom. The fourth-order valence-corrected chi connectivity index (χ4v) is 2.37. The van der Waals surface area contributed by atoms with Gasteiger partial charge in [0.25, 0.3) is 0 Å². The van der Waals surface area contributed by atoms with E-state index in [1.165, 1.54) is 0 Å². The fraction of sp³-hybridized carbons (Fsp3) is 0.923. The number of nitrogens with one attached hydrogen (secondary N) is 1. The molecule has 1 unspecified atom stereocenters. The van der Waals surface area contributed by atoms with E-state index in [2.05, 4.69) is 12.2 Å². The van der Waals surface area contributed by atoms with Crippen LogP contribution in [-0.2, 0) is 4.74 Å². The van der Waals surface area contributed by atoms with Crippen LogP contribution in [-0.4, -0.2) is 43.3 Å². The number of nitrogens with zero attached hydrogens (tertiary/aromatic N) is 1.